The van der Waals surface area contributed by atoms with Gasteiger partial charge in [0.25, 0.3) is 0 Å². The summed E-state index contributed by atoms with van der Waals surface area (Å²) in [7, 11) is 0. The van der Waals surface area contributed by atoms with Crippen molar-refractivity contribution in [2.45, 2.75) is 46.1 Å². The molecule has 1 unspecified atom stereocenters. The summed E-state index contributed by atoms with van der Waals surface area (Å²) in [5.74, 6) is 0.777. The Morgan fingerprint density at radius 1 is 1.22 bits per heavy atom. The first kappa shape index (κ1) is 8.96. The summed E-state index contributed by atoms with van der Waals surface area (Å²) < 4.78 is 0. The number of hydrogen-bond donors (Lipinski definition) is 1. The maximum Gasteiger partial charge on any atom is 0.0512 e. The van der Waals surface area contributed by atoms with Crippen LogP contribution in [0, 0.1) is 5.92 Å². The van der Waals surface area contributed by atoms with Crippen molar-refractivity contribution in [2.75, 3.05) is 0 Å². The second-order valence-corrected chi connectivity index (χ2v) is 2.94. The lowest BCUT2D eigenvalue weighted by Gasteiger charge is -2.08. The fourth-order valence-electron chi connectivity index (χ4n) is 0.730. The van der Waals surface area contributed by atoms with Crippen LogP contribution in [-0.2, 0) is 0 Å². The van der Waals surface area contributed by atoms with Gasteiger partial charge < -0.3 is 5.11 Å². The molecule has 0 amide bonds. The monoisotopic (exact) mass is 130 g/mol. The summed E-state index contributed by atoms with van der Waals surface area (Å²) in [5, 5.41) is 8.90. The molecular formula is C8H18O. The van der Waals surface area contributed by atoms with Gasteiger partial charge in [0.2, 0.25) is 0 Å². The highest BCUT2D eigenvalue weighted by Crippen LogP contribution is 2.10. The predicted octanol–water partition coefficient (Wildman–Crippen LogP) is 2.19. The van der Waals surface area contributed by atoms with Gasteiger partial charge in [-0.15, -0.1) is 0 Å². The van der Waals surface area contributed by atoms with E-state index >= 15 is 0 Å². The minimum absolute atomic E-state index is 0.112. The molecule has 0 radical (unpaired) electrons. The molecule has 0 aliphatic rings. The fraction of sp³-hybridized carbons (Fsp3) is 1.00. The van der Waals surface area contributed by atoms with Crippen LogP contribution in [0.25, 0.3) is 0 Å². The van der Waals surface area contributed by atoms with Gasteiger partial charge in [-0.2, -0.15) is 0 Å². The summed E-state index contributed by atoms with van der Waals surface area (Å²) in [6.45, 7) is 6.26. The van der Waals surface area contributed by atoms with E-state index in [1.807, 2.05) is 6.92 Å². The molecule has 56 valence electrons. The summed E-state index contributed by atoms with van der Waals surface area (Å²) in [6, 6.07) is 0. The molecule has 0 heterocycles. The molecule has 0 fully saturated rings. The molecule has 0 spiro atoms. The smallest absolute Gasteiger partial charge is 0.0512 e. The van der Waals surface area contributed by atoms with Crippen LogP contribution in [0.1, 0.15) is 40.0 Å². The zero-order valence-electron chi connectivity index (χ0n) is 6.72. The molecule has 0 aromatic carbocycles. The van der Waals surface area contributed by atoms with E-state index in [9.17, 15) is 0 Å². The van der Waals surface area contributed by atoms with Crippen LogP contribution in [0.2, 0.25) is 0 Å². The van der Waals surface area contributed by atoms with Gasteiger partial charge in [0, 0.05) is 0 Å². The van der Waals surface area contributed by atoms with Gasteiger partial charge in [0.1, 0.15) is 0 Å². The Morgan fingerprint density at radius 3 is 2.11 bits per heavy atom. The lowest BCUT2D eigenvalue weighted by molar-refractivity contribution is 0.174. The van der Waals surface area contributed by atoms with E-state index in [1.54, 1.807) is 0 Å². The molecule has 0 aliphatic heterocycles. The molecule has 0 aromatic rings. The third-order valence-electron chi connectivity index (χ3n) is 1.77. The topological polar surface area (TPSA) is 20.2 Å². The van der Waals surface area contributed by atoms with Crippen molar-refractivity contribution in [2.24, 2.45) is 5.92 Å². The van der Waals surface area contributed by atoms with Crippen LogP contribution in [0.15, 0.2) is 0 Å². The maximum absolute atomic E-state index is 8.90. The Kier molecular flexibility index (Phi) is 4.78. The third-order valence-corrected chi connectivity index (χ3v) is 1.77. The standard InChI is InChI=1S/C8H18O/c1-4-7(2)5-6-8(3)9/h7-9H,4-6H2,1-3H3/t7?,8-/m0/s1. The lowest BCUT2D eigenvalue weighted by atomic mass is 10.0. The Bertz CT molecular complexity index is 59.6. The first-order valence-corrected chi connectivity index (χ1v) is 3.84. The maximum atomic E-state index is 8.90. The number of aliphatic hydroxyl groups excluding tert-OH is 1. The van der Waals surface area contributed by atoms with Gasteiger partial charge in [-0.1, -0.05) is 20.3 Å². The lowest BCUT2D eigenvalue weighted by Crippen LogP contribution is -2.02. The average molecular weight is 130 g/mol. The number of rotatable bonds is 4. The van der Waals surface area contributed by atoms with Crippen molar-refractivity contribution < 1.29 is 5.11 Å². The largest absolute Gasteiger partial charge is 0.393 e. The van der Waals surface area contributed by atoms with E-state index in [0.29, 0.717) is 0 Å². The van der Waals surface area contributed by atoms with Crippen LogP contribution >= 0.6 is 0 Å². The van der Waals surface area contributed by atoms with Gasteiger partial charge in [-0.05, 0) is 25.7 Å². The molecule has 9 heavy (non-hydrogen) atoms. The highest BCUT2D eigenvalue weighted by atomic mass is 16.3. The van der Waals surface area contributed by atoms with Crippen molar-refractivity contribution in [3.8, 4) is 0 Å². The summed E-state index contributed by atoms with van der Waals surface area (Å²) >= 11 is 0. The molecule has 2 atom stereocenters. The minimum Gasteiger partial charge on any atom is -0.393 e. The molecule has 0 aliphatic carbocycles. The normalized spacial score (nSPS) is 17.3. The van der Waals surface area contributed by atoms with Crippen molar-refractivity contribution in [1.29, 1.82) is 0 Å². The molecule has 0 saturated heterocycles. The van der Waals surface area contributed by atoms with Crippen LogP contribution in [0.3, 0.4) is 0 Å². The fourth-order valence-corrected chi connectivity index (χ4v) is 0.730. The number of hydrogen-bond acceptors (Lipinski definition) is 1. The van der Waals surface area contributed by atoms with Gasteiger partial charge in [0.05, 0.1) is 6.10 Å². The molecule has 0 saturated carbocycles. The molecule has 0 rings (SSSR count). The summed E-state index contributed by atoms with van der Waals surface area (Å²) in [6.07, 6.45) is 3.23. The van der Waals surface area contributed by atoms with E-state index < -0.39 is 0 Å². The first-order chi connectivity index (χ1) is 4.16. The molecule has 1 heteroatoms. The Hall–Kier alpha value is -0.0400. The molecule has 1 nitrogen and oxygen atoms in total. The zero-order chi connectivity index (χ0) is 7.28. The highest BCUT2D eigenvalue weighted by molar-refractivity contribution is 4.53. The molecule has 0 bridgehead atoms. The number of aliphatic hydroxyl groups is 1. The average Bonchev–Trinajstić information content (AvgIpc) is 1.83. The van der Waals surface area contributed by atoms with Gasteiger partial charge >= 0.3 is 0 Å². The van der Waals surface area contributed by atoms with E-state index in [0.717, 1.165) is 18.8 Å². The SMILES string of the molecule is CCC(C)CC[C@H](C)O. The summed E-state index contributed by atoms with van der Waals surface area (Å²) in [5.41, 5.74) is 0. The van der Waals surface area contributed by atoms with Gasteiger partial charge in [-0.25, -0.2) is 0 Å². The van der Waals surface area contributed by atoms with Crippen LogP contribution in [-0.4, -0.2) is 11.2 Å². The zero-order valence-corrected chi connectivity index (χ0v) is 6.72. The van der Waals surface area contributed by atoms with E-state index in [2.05, 4.69) is 13.8 Å². The molecular weight excluding hydrogens is 112 g/mol. The minimum atomic E-state index is -0.112. The van der Waals surface area contributed by atoms with Crippen molar-refractivity contribution in [3.63, 3.8) is 0 Å². The van der Waals surface area contributed by atoms with Gasteiger partial charge in [-0.3, -0.25) is 0 Å². The van der Waals surface area contributed by atoms with Crippen molar-refractivity contribution >= 4 is 0 Å². The summed E-state index contributed by atoms with van der Waals surface area (Å²) in [4.78, 5) is 0. The van der Waals surface area contributed by atoms with E-state index in [-0.39, 0.29) is 6.10 Å². The van der Waals surface area contributed by atoms with Crippen molar-refractivity contribution in [1.82, 2.24) is 0 Å². The second kappa shape index (κ2) is 4.80. The Labute approximate surface area is 58.1 Å². The van der Waals surface area contributed by atoms with E-state index in [1.165, 1.54) is 6.42 Å². The third kappa shape index (κ3) is 5.84. The Morgan fingerprint density at radius 2 is 1.78 bits per heavy atom. The van der Waals surface area contributed by atoms with Crippen LogP contribution in [0.5, 0.6) is 0 Å². The predicted molar refractivity (Wildman–Crippen MR) is 40.4 cm³/mol. The van der Waals surface area contributed by atoms with Crippen LogP contribution < -0.4 is 0 Å². The van der Waals surface area contributed by atoms with Gasteiger partial charge in [0.15, 0.2) is 0 Å². The van der Waals surface area contributed by atoms with Crippen molar-refractivity contribution in [3.05, 3.63) is 0 Å². The molecule has 0 aromatic heterocycles. The van der Waals surface area contributed by atoms with Crippen LogP contribution in [0.4, 0.5) is 0 Å². The highest BCUT2D eigenvalue weighted by Gasteiger charge is 2.00. The molecule has 1 N–H and O–H groups in total. The second-order valence-electron chi connectivity index (χ2n) is 2.94. The Balaban J connectivity index is 3.06. The first-order valence-electron chi connectivity index (χ1n) is 3.84. The quantitative estimate of drug-likeness (QED) is 0.618. The van der Waals surface area contributed by atoms with E-state index in [4.69, 9.17) is 5.11 Å².